The van der Waals surface area contributed by atoms with E-state index in [1.807, 2.05) is 24.3 Å². The zero-order valence-corrected chi connectivity index (χ0v) is 21.4. The number of thiophene rings is 1. The number of fused-ring (bicyclic) bond motifs is 2. The van der Waals surface area contributed by atoms with E-state index in [9.17, 15) is 4.79 Å². The quantitative estimate of drug-likeness (QED) is 0.371. The van der Waals surface area contributed by atoms with Gasteiger partial charge in [-0.1, -0.05) is 36.4 Å². The van der Waals surface area contributed by atoms with Crippen LogP contribution in [0.5, 0.6) is 11.5 Å². The average molecular weight is 503 g/mol. The van der Waals surface area contributed by atoms with Crippen LogP contribution in [-0.2, 0) is 25.9 Å². The summed E-state index contributed by atoms with van der Waals surface area (Å²) in [7, 11) is 3.22. The number of anilines is 1. The topological polar surface area (TPSA) is 89.7 Å². The molecule has 1 amide bonds. The zero-order chi connectivity index (χ0) is 25.1. The van der Waals surface area contributed by atoms with Crippen LogP contribution in [0.1, 0.15) is 32.1 Å². The van der Waals surface area contributed by atoms with Crippen molar-refractivity contribution in [3.63, 3.8) is 0 Å². The van der Waals surface area contributed by atoms with Crippen LogP contribution in [0.4, 0.5) is 5.69 Å². The van der Waals surface area contributed by atoms with Crippen molar-refractivity contribution >= 4 is 33.1 Å². The highest BCUT2D eigenvalue weighted by Gasteiger charge is 2.22. The third kappa shape index (κ3) is 5.01. The molecule has 3 N–H and O–H groups in total. The van der Waals surface area contributed by atoms with Crippen LogP contribution in [0.25, 0.3) is 10.2 Å². The fraction of sp³-hybridized carbons (Fsp3) is 0.286. The molecular formula is C28H30N4O3S. The van der Waals surface area contributed by atoms with E-state index >= 15 is 0 Å². The van der Waals surface area contributed by atoms with Crippen molar-refractivity contribution in [3.8, 4) is 11.5 Å². The minimum Gasteiger partial charge on any atom is -0.493 e. The Morgan fingerprint density at radius 3 is 2.67 bits per heavy atom. The van der Waals surface area contributed by atoms with Crippen molar-refractivity contribution in [2.24, 2.45) is 0 Å². The number of nitrogens with two attached hydrogens (primary N) is 1. The molecule has 0 aliphatic carbocycles. The van der Waals surface area contributed by atoms with Crippen LogP contribution in [-0.4, -0.2) is 43.1 Å². The number of pyridine rings is 1. The highest BCUT2D eigenvalue weighted by Crippen LogP contribution is 2.35. The molecule has 186 valence electrons. The van der Waals surface area contributed by atoms with Crippen LogP contribution in [0.15, 0.2) is 54.6 Å². The van der Waals surface area contributed by atoms with Crippen molar-refractivity contribution < 1.29 is 14.3 Å². The second-order valence-electron chi connectivity index (χ2n) is 8.93. The van der Waals surface area contributed by atoms with Crippen LogP contribution in [0.2, 0.25) is 0 Å². The molecule has 0 saturated heterocycles. The van der Waals surface area contributed by atoms with Crippen LogP contribution < -0.4 is 20.5 Å². The summed E-state index contributed by atoms with van der Waals surface area (Å²) >= 11 is 1.37. The van der Waals surface area contributed by atoms with Gasteiger partial charge < -0.3 is 20.5 Å². The Morgan fingerprint density at radius 2 is 1.89 bits per heavy atom. The van der Waals surface area contributed by atoms with E-state index < -0.39 is 0 Å². The highest BCUT2D eigenvalue weighted by molar-refractivity contribution is 7.21. The molecule has 36 heavy (non-hydrogen) atoms. The van der Waals surface area contributed by atoms with E-state index in [2.05, 4.69) is 40.5 Å². The molecule has 3 heterocycles. The lowest BCUT2D eigenvalue weighted by atomic mass is 10.0. The molecule has 0 spiro atoms. The first-order chi connectivity index (χ1) is 17.6. The molecule has 8 heteroatoms. The Labute approximate surface area is 214 Å². The number of methoxy groups -OCH3 is 2. The number of carbonyl (C=O) groups excluding carboxylic acids is 1. The summed E-state index contributed by atoms with van der Waals surface area (Å²) < 4.78 is 10.7. The largest absolute Gasteiger partial charge is 0.493 e. The van der Waals surface area contributed by atoms with Gasteiger partial charge in [-0.25, -0.2) is 4.98 Å². The predicted molar refractivity (Wildman–Crippen MR) is 144 cm³/mol. The first-order valence-electron chi connectivity index (χ1n) is 12.0. The van der Waals surface area contributed by atoms with Crippen molar-refractivity contribution in [1.82, 2.24) is 15.2 Å². The van der Waals surface area contributed by atoms with Crippen molar-refractivity contribution in [2.75, 3.05) is 33.0 Å². The molecule has 2 aromatic carbocycles. The van der Waals surface area contributed by atoms with E-state index in [1.165, 1.54) is 22.5 Å². The Hall–Kier alpha value is -3.62. The van der Waals surface area contributed by atoms with Crippen LogP contribution >= 0.6 is 11.3 Å². The normalized spacial score (nSPS) is 13.4. The SMILES string of the molecule is COc1ccc(CCNC(=O)c2sc3nc4c(cc3c2N)CN(Cc2ccccc2)CC4)cc1OC. The van der Waals surface area contributed by atoms with E-state index in [4.69, 9.17) is 20.2 Å². The van der Waals surface area contributed by atoms with Crippen molar-refractivity contribution in [3.05, 3.63) is 81.9 Å². The van der Waals surface area contributed by atoms with Gasteiger partial charge in [0.25, 0.3) is 5.91 Å². The monoisotopic (exact) mass is 502 g/mol. The maximum Gasteiger partial charge on any atom is 0.263 e. The van der Waals surface area contributed by atoms with E-state index in [0.29, 0.717) is 35.0 Å². The minimum absolute atomic E-state index is 0.167. The zero-order valence-electron chi connectivity index (χ0n) is 20.5. The number of amides is 1. The summed E-state index contributed by atoms with van der Waals surface area (Å²) in [6, 6.07) is 18.4. The van der Waals surface area contributed by atoms with Gasteiger partial charge in [-0.2, -0.15) is 0 Å². The number of hydrogen-bond donors (Lipinski definition) is 2. The minimum atomic E-state index is -0.167. The summed E-state index contributed by atoms with van der Waals surface area (Å²) in [6.07, 6.45) is 1.56. The molecule has 0 radical (unpaired) electrons. The fourth-order valence-electron chi connectivity index (χ4n) is 4.64. The molecule has 2 aromatic heterocycles. The Kier molecular flexibility index (Phi) is 7.06. The first kappa shape index (κ1) is 24.1. The third-order valence-corrected chi connectivity index (χ3v) is 7.66. The lowest BCUT2D eigenvalue weighted by Gasteiger charge is -2.28. The van der Waals surface area contributed by atoms with Gasteiger partial charge in [0.15, 0.2) is 11.5 Å². The Bertz CT molecular complexity index is 1390. The molecule has 0 bridgehead atoms. The van der Waals surface area contributed by atoms with Gasteiger partial charge in [-0.15, -0.1) is 11.3 Å². The van der Waals surface area contributed by atoms with E-state index in [1.54, 1.807) is 14.2 Å². The lowest BCUT2D eigenvalue weighted by Crippen LogP contribution is -2.30. The number of nitrogens with zero attached hydrogens (tertiary/aromatic N) is 2. The summed E-state index contributed by atoms with van der Waals surface area (Å²) in [5, 5.41) is 3.87. The summed E-state index contributed by atoms with van der Waals surface area (Å²) in [6.45, 7) is 3.19. The second kappa shape index (κ2) is 10.6. The maximum atomic E-state index is 13.0. The molecule has 0 fully saturated rings. The van der Waals surface area contributed by atoms with Gasteiger partial charge in [0.05, 0.1) is 19.9 Å². The summed E-state index contributed by atoms with van der Waals surface area (Å²) in [5.74, 6) is 1.19. The standard InChI is InChI=1S/C28H30N4O3S/c1-34-23-9-8-18(14-24(23)35-2)10-12-30-27(33)26-25(29)21-15-20-17-32(16-19-6-4-3-5-7-19)13-11-22(20)31-28(21)36-26/h3-9,14-15H,10-13,16-17,29H2,1-2H3,(H,30,33). The number of nitrogens with one attached hydrogen (secondary N) is 1. The van der Waals surface area contributed by atoms with Crippen molar-refractivity contribution in [2.45, 2.75) is 25.9 Å². The van der Waals surface area contributed by atoms with Crippen molar-refractivity contribution in [1.29, 1.82) is 0 Å². The number of benzene rings is 2. The average Bonchev–Trinajstić information content (AvgIpc) is 3.23. The summed E-state index contributed by atoms with van der Waals surface area (Å²) in [4.78, 5) is 21.6. The number of ether oxygens (including phenoxy) is 2. The Balaban J connectivity index is 1.26. The molecule has 0 unspecified atom stereocenters. The van der Waals surface area contributed by atoms with Gasteiger partial charge >= 0.3 is 0 Å². The van der Waals surface area contributed by atoms with E-state index in [0.717, 1.165) is 47.5 Å². The molecule has 1 aliphatic heterocycles. The first-order valence-corrected chi connectivity index (χ1v) is 12.8. The molecule has 1 aliphatic rings. The summed E-state index contributed by atoms with van der Waals surface area (Å²) in [5.41, 5.74) is 11.6. The second-order valence-corrected chi connectivity index (χ2v) is 9.93. The smallest absolute Gasteiger partial charge is 0.263 e. The Morgan fingerprint density at radius 1 is 1.08 bits per heavy atom. The molecule has 0 saturated carbocycles. The van der Waals surface area contributed by atoms with Gasteiger partial charge in [0.2, 0.25) is 0 Å². The number of nitrogen functional groups attached to an aromatic ring is 1. The van der Waals surface area contributed by atoms with Gasteiger partial charge in [-0.3, -0.25) is 9.69 Å². The number of carbonyl (C=O) groups is 1. The number of hydrogen-bond acceptors (Lipinski definition) is 7. The van der Waals surface area contributed by atoms with E-state index in [-0.39, 0.29) is 5.91 Å². The molecular weight excluding hydrogens is 472 g/mol. The predicted octanol–water partition coefficient (Wildman–Crippen LogP) is 4.43. The van der Waals surface area contributed by atoms with Crippen LogP contribution in [0.3, 0.4) is 0 Å². The van der Waals surface area contributed by atoms with Gasteiger partial charge in [0.1, 0.15) is 9.71 Å². The molecule has 4 aromatic rings. The number of aromatic nitrogens is 1. The highest BCUT2D eigenvalue weighted by atomic mass is 32.1. The van der Waals surface area contributed by atoms with Crippen LogP contribution in [0, 0.1) is 0 Å². The fourth-order valence-corrected chi connectivity index (χ4v) is 5.65. The third-order valence-electron chi connectivity index (χ3n) is 6.55. The lowest BCUT2D eigenvalue weighted by molar-refractivity contribution is 0.0959. The molecule has 7 nitrogen and oxygen atoms in total. The van der Waals surface area contributed by atoms with Gasteiger partial charge in [0, 0.05) is 43.7 Å². The van der Waals surface area contributed by atoms with Gasteiger partial charge in [-0.05, 0) is 41.3 Å². The number of rotatable bonds is 8. The maximum absolute atomic E-state index is 13.0. The molecule has 0 atom stereocenters. The molecule has 5 rings (SSSR count).